The SMILES string of the molecule is Cc1ccccc1-n1c(N(Cc2nc3ccccc3[nH]2)c2cccc(Br)c2)nc2ccccc21. The van der Waals surface area contributed by atoms with E-state index in [9.17, 15) is 0 Å². The maximum absolute atomic E-state index is 5.12. The lowest BCUT2D eigenvalue weighted by molar-refractivity contribution is 0.852. The molecule has 0 saturated heterocycles. The van der Waals surface area contributed by atoms with Gasteiger partial charge in [0.05, 0.1) is 34.3 Å². The van der Waals surface area contributed by atoms with Gasteiger partial charge in [-0.3, -0.25) is 4.57 Å². The lowest BCUT2D eigenvalue weighted by Crippen LogP contribution is -2.21. The zero-order valence-corrected chi connectivity index (χ0v) is 20.2. The van der Waals surface area contributed by atoms with E-state index in [4.69, 9.17) is 9.97 Å². The molecular weight excluding hydrogens is 486 g/mol. The summed E-state index contributed by atoms with van der Waals surface area (Å²) in [7, 11) is 0. The lowest BCUT2D eigenvalue weighted by atomic mass is 10.2. The summed E-state index contributed by atoms with van der Waals surface area (Å²) in [6.07, 6.45) is 0. The first kappa shape index (κ1) is 20.7. The van der Waals surface area contributed by atoms with Crippen LogP contribution in [0.2, 0.25) is 0 Å². The fourth-order valence-corrected chi connectivity index (χ4v) is 4.79. The number of halogens is 1. The number of imidazole rings is 2. The van der Waals surface area contributed by atoms with Crippen LogP contribution in [-0.2, 0) is 6.54 Å². The van der Waals surface area contributed by atoms with Gasteiger partial charge in [0.25, 0.3) is 0 Å². The molecule has 0 unspecified atom stereocenters. The topological polar surface area (TPSA) is 49.7 Å². The average Bonchev–Trinajstić information content (AvgIpc) is 3.44. The molecule has 6 rings (SSSR count). The van der Waals surface area contributed by atoms with Crippen LogP contribution in [0, 0.1) is 6.92 Å². The molecule has 166 valence electrons. The first-order valence-corrected chi connectivity index (χ1v) is 12.0. The highest BCUT2D eigenvalue weighted by Crippen LogP contribution is 2.34. The second-order valence-electron chi connectivity index (χ2n) is 8.29. The minimum atomic E-state index is 0.542. The van der Waals surface area contributed by atoms with Gasteiger partial charge in [0.2, 0.25) is 5.95 Å². The van der Waals surface area contributed by atoms with Gasteiger partial charge in [-0.15, -0.1) is 0 Å². The van der Waals surface area contributed by atoms with Crippen molar-refractivity contribution in [2.24, 2.45) is 0 Å². The molecule has 2 heterocycles. The summed E-state index contributed by atoms with van der Waals surface area (Å²) >= 11 is 3.65. The van der Waals surface area contributed by atoms with E-state index in [0.717, 1.165) is 49.7 Å². The maximum Gasteiger partial charge on any atom is 0.216 e. The van der Waals surface area contributed by atoms with E-state index in [1.165, 1.54) is 5.56 Å². The summed E-state index contributed by atoms with van der Waals surface area (Å²) in [6, 6.07) is 33.1. The third-order valence-corrected chi connectivity index (χ3v) is 6.50. The van der Waals surface area contributed by atoms with E-state index in [1.807, 2.05) is 36.4 Å². The van der Waals surface area contributed by atoms with Gasteiger partial charge in [0.1, 0.15) is 5.82 Å². The normalized spacial score (nSPS) is 11.4. The van der Waals surface area contributed by atoms with E-state index >= 15 is 0 Å². The van der Waals surface area contributed by atoms with Crippen LogP contribution < -0.4 is 4.90 Å². The Hall–Kier alpha value is -3.90. The highest BCUT2D eigenvalue weighted by molar-refractivity contribution is 9.10. The summed E-state index contributed by atoms with van der Waals surface area (Å²) < 4.78 is 3.26. The van der Waals surface area contributed by atoms with Crippen molar-refractivity contribution in [3.63, 3.8) is 0 Å². The van der Waals surface area contributed by atoms with E-state index in [2.05, 4.69) is 98.0 Å². The molecular formula is C28H22BrN5. The van der Waals surface area contributed by atoms with Gasteiger partial charge in [-0.1, -0.05) is 64.5 Å². The number of hydrogen-bond donors (Lipinski definition) is 1. The van der Waals surface area contributed by atoms with E-state index in [0.29, 0.717) is 6.54 Å². The molecule has 0 aliphatic carbocycles. The number of H-pyrrole nitrogens is 1. The predicted octanol–water partition coefficient (Wildman–Crippen LogP) is 7.31. The van der Waals surface area contributed by atoms with Crippen LogP contribution in [0.5, 0.6) is 0 Å². The summed E-state index contributed by atoms with van der Waals surface area (Å²) in [5.74, 6) is 1.72. The van der Waals surface area contributed by atoms with Crippen LogP contribution in [0.1, 0.15) is 11.4 Å². The molecule has 0 amide bonds. The zero-order valence-electron chi connectivity index (χ0n) is 18.6. The number of fused-ring (bicyclic) bond motifs is 2. The Kier molecular flexibility index (Phi) is 5.15. The van der Waals surface area contributed by atoms with Gasteiger partial charge in [0.15, 0.2) is 0 Å². The summed E-state index contributed by atoms with van der Waals surface area (Å²) in [6.45, 7) is 2.68. The Morgan fingerprint density at radius 3 is 2.41 bits per heavy atom. The molecule has 0 saturated carbocycles. The van der Waals surface area contributed by atoms with Crippen molar-refractivity contribution >= 4 is 49.6 Å². The molecule has 0 aliphatic rings. The number of benzene rings is 4. The third kappa shape index (κ3) is 3.66. The van der Waals surface area contributed by atoms with Crippen LogP contribution in [0.3, 0.4) is 0 Å². The highest BCUT2D eigenvalue weighted by Gasteiger charge is 2.22. The molecule has 1 N–H and O–H groups in total. The fraction of sp³-hybridized carbons (Fsp3) is 0.0714. The Morgan fingerprint density at radius 2 is 1.59 bits per heavy atom. The zero-order chi connectivity index (χ0) is 23.1. The van der Waals surface area contributed by atoms with Crippen molar-refractivity contribution in [3.8, 4) is 5.69 Å². The number of hydrogen-bond acceptors (Lipinski definition) is 3. The summed E-state index contributed by atoms with van der Waals surface area (Å²) in [5, 5.41) is 0. The number of aromatic amines is 1. The minimum absolute atomic E-state index is 0.542. The average molecular weight is 508 g/mol. The molecule has 0 fully saturated rings. The summed E-state index contributed by atoms with van der Waals surface area (Å²) in [4.78, 5) is 15.7. The number of para-hydroxylation sites is 5. The molecule has 0 aliphatic heterocycles. The van der Waals surface area contributed by atoms with Gasteiger partial charge < -0.3 is 9.88 Å². The molecule has 34 heavy (non-hydrogen) atoms. The smallest absolute Gasteiger partial charge is 0.216 e. The van der Waals surface area contributed by atoms with Crippen molar-refractivity contribution in [1.82, 2.24) is 19.5 Å². The largest absolute Gasteiger partial charge is 0.340 e. The monoisotopic (exact) mass is 507 g/mol. The second kappa shape index (κ2) is 8.47. The first-order chi connectivity index (χ1) is 16.7. The molecule has 0 spiro atoms. The van der Waals surface area contributed by atoms with Crippen LogP contribution in [0.15, 0.2) is 102 Å². The van der Waals surface area contributed by atoms with Crippen LogP contribution in [-0.4, -0.2) is 19.5 Å². The van der Waals surface area contributed by atoms with Crippen molar-refractivity contribution in [3.05, 3.63) is 113 Å². The van der Waals surface area contributed by atoms with Gasteiger partial charge in [-0.05, 0) is 61.0 Å². The fourth-order valence-electron chi connectivity index (χ4n) is 4.40. The van der Waals surface area contributed by atoms with Crippen molar-refractivity contribution in [2.45, 2.75) is 13.5 Å². The predicted molar refractivity (Wildman–Crippen MR) is 142 cm³/mol. The molecule has 6 aromatic rings. The van der Waals surface area contributed by atoms with E-state index in [1.54, 1.807) is 0 Å². The molecule has 5 nitrogen and oxygen atoms in total. The Labute approximate surface area is 205 Å². The first-order valence-electron chi connectivity index (χ1n) is 11.2. The highest BCUT2D eigenvalue weighted by atomic mass is 79.9. The number of rotatable bonds is 5. The number of aryl methyl sites for hydroxylation is 1. The van der Waals surface area contributed by atoms with Gasteiger partial charge in [-0.2, -0.15) is 0 Å². The standard InChI is InChI=1S/C28H22BrN5/c1-19-9-2-6-15-25(19)34-26-16-7-5-14-24(26)32-28(34)33(21-11-8-10-20(29)17-21)18-27-30-22-12-3-4-13-23(22)31-27/h2-17H,18H2,1H3,(H,30,31). The Morgan fingerprint density at radius 1 is 0.824 bits per heavy atom. The second-order valence-corrected chi connectivity index (χ2v) is 9.20. The van der Waals surface area contributed by atoms with Crippen molar-refractivity contribution in [1.29, 1.82) is 0 Å². The Bertz CT molecular complexity index is 1600. The molecule has 6 heteroatoms. The van der Waals surface area contributed by atoms with E-state index in [-0.39, 0.29) is 0 Å². The van der Waals surface area contributed by atoms with Gasteiger partial charge in [0, 0.05) is 10.2 Å². The molecule has 0 radical (unpaired) electrons. The number of anilines is 2. The molecule has 0 atom stereocenters. The van der Waals surface area contributed by atoms with Crippen molar-refractivity contribution < 1.29 is 0 Å². The van der Waals surface area contributed by atoms with Crippen LogP contribution >= 0.6 is 15.9 Å². The minimum Gasteiger partial charge on any atom is -0.340 e. The van der Waals surface area contributed by atoms with E-state index < -0.39 is 0 Å². The molecule has 0 bridgehead atoms. The van der Waals surface area contributed by atoms with Crippen molar-refractivity contribution in [2.75, 3.05) is 4.90 Å². The molecule has 2 aromatic heterocycles. The van der Waals surface area contributed by atoms with Crippen LogP contribution in [0.25, 0.3) is 27.8 Å². The summed E-state index contributed by atoms with van der Waals surface area (Å²) in [5.41, 5.74) is 7.32. The van der Waals surface area contributed by atoms with Gasteiger partial charge in [-0.25, -0.2) is 9.97 Å². The number of nitrogens with zero attached hydrogens (tertiary/aromatic N) is 4. The molecule has 4 aromatic carbocycles. The lowest BCUT2D eigenvalue weighted by Gasteiger charge is -2.25. The maximum atomic E-state index is 5.12. The quantitative estimate of drug-likeness (QED) is 0.266. The van der Waals surface area contributed by atoms with Crippen LogP contribution in [0.4, 0.5) is 11.6 Å². The number of aromatic nitrogens is 4. The third-order valence-electron chi connectivity index (χ3n) is 6.01. The Balaban J connectivity index is 1.59. The van der Waals surface area contributed by atoms with Gasteiger partial charge >= 0.3 is 0 Å². The number of nitrogens with one attached hydrogen (secondary N) is 1.